The van der Waals surface area contributed by atoms with Crippen molar-refractivity contribution >= 4 is 11.9 Å². The van der Waals surface area contributed by atoms with Gasteiger partial charge in [-0.25, -0.2) is 22.8 Å². The van der Waals surface area contributed by atoms with Crippen LogP contribution in [0.4, 0.5) is 0 Å². The predicted molar refractivity (Wildman–Crippen MR) is 99.2 cm³/mol. The second-order valence-electron chi connectivity index (χ2n) is 7.37. The lowest BCUT2D eigenvalue weighted by atomic mass is 9.76. The zero-order valence-corrected chi connectivity index (χ0v) is 15.9. The number of ether oxygens (including phenoxy) is 2. The molecule has 0 fully saturated rings. The lowest BCUT2D eigenvalue weighted by Gasteiger charge is -2.26. The highest BCUT2D eigenvalue weighted by Gasteiger charge is 2.56. The van der Waals surface area contributed by atoms with Gasteiger partial charge < -0.3 is 14.6 Å². The fourth-order valence-corrected chi connectivity index (χ4v) is 4.37. The topological polar surface area (TPSA) is 81.5 Å². The SMILES string of the molecule is [C-]#[N+]C1([N+]#[C-])CC2=C(COC(C)=O)C(O)CC2=C[C@@H]2C[C@@H](C(=O)OC)CC=C21. The molecule has 3 atom stereocenters. The van der Waals surface area contributed by atoms with Crippen molar-refractivity contribution in [1.82, 2.24) is 0 Å². The van der Waals surface area contributed by atoms with Gasteiger partial charge in [-0.3, -0.25) is 9.59 Å². The lowest BCUT2D eigenvalue weighted by Crippen LogP contribution is -2.32. The zero-order valence-electron chi connectivity index (χ0n) is 15.9. The molecule has 3 aliphatic carbocycles. The fraction of sp³-hybridized carbons (Fsp3) is 0.524. The maximum absolute atomic E-state index is 12.0. The Balaban J connectivity index is 2.08. The molecule has 0 aromatic heterocycles. The monoisotopic (exact) mass is 382 g/mol. The van der Waals surface area contributed by atoms with E-state index in [-0.39, 0.29) is 30.8 Å². The minimum Gasteiger partial charge on any atom is -0.469 e. The van der Waals surface area contributed by atoms with Crippen LogP contribution < -0.4 is 0 Å². The number of aliphatic hydroxyl groups is 1. The molecule has 28 heavy (non-hydrogen) atoms. The van der Waals surface area contributed by atoms with E-state index in [0.29, 0.717) is 30.4 Å². The van der Waals surface area contributed by atoms with Crippen LogP contribution in [0.25, 0.3) is 9.69 Å². The molecular weight excluding hydrogens is 360 g/mol. The maximum Gasteiger partial charge on any atom is 0.510 e. The molecule has 7 nitrogen and oxygen atoms in total. The van der Waals surface area contributed by atoms with Crippen molar-refractivity contribution in [2.75, 3.05) is 13.7 Å². The minimum absolute atomic E-state index is 0.0518. The summed E-state index contributed by atoms with van der Waals surface area (Å²) in [6.45, 7) is 16.8. The van der Waals surface area contributed by atoms with Gasteiger partial charge in [0, 0.05) is 19.3 Å². The summed E-state index contributed by atoms with van der Waals surface area (Å²) in [6, 6.07) is 0. The van der Waals surface area contributed by atoms with Gasteiger partial charge in [-0.05, 0) is 29.6 Å². The molecule has 3 aliphatic rings. The normalized spacial score (nSPS) is 27.8. The lowest BCUT2D eigenvalue weighted by molar-refractivity contribution is -0.146. The van der Waals surface area contributed by atoms with Crippen LogP contribution in [0.15, 0.2) is 34.4 Å². The van der Waals surface area contributed by atoms with Crippen LogP contribution in [0.5, 0.6) is 0 Å². The number of carbonyl (C=O) groups excluding carboxylic acids is 2. The van der Waals surface area contributed by atoms with Gasteiger partial charge >= 0.3 is 17.6 Å². The number of carbonyl (C=O) groups is 2. The molecular formula is C21H22N2O5. The molecule has 0 heterocycles. The number of methoxy groups -OCH3 is 1. The van der Waals surface area contributed by atoms with Crippen LogP contribution in [0.1, 0.15) is 32.6 Å². The second-order valence-corrected chi connectivity index (χ2v) is 7.37. The second kappa shape index (κ2) is 7.61. The van der Waals surface area contributed by atoms with E-state index in [4.69, 9.17) is 22.6 Å². The van der Waals surface area contributed by atoms with Crippen molar-refractivity contribution in [3.05, 3.63) is 57.3 Å². The number of allylic oxidation sites excluding steroid dienone is 2. The zero-order chi connectivity index (χ0) is 20.5. The van der Waals surface area contributed by atoms with Gasteiger partial charge in [0.05, 0.1) is 19.1 Å². The van der Waals surface area contributed by atoms with Crippen molar-refractivity contribution in [3.8, 4) is 0 Å². The van der Waals surface area contributed by atoms with Gasteiger partial charge in [-0.15, -0.1) is 0 Å². The number of nitrogens with zero attached hydrogens (tertiary/aromatic N) is 2. The first kappa shape index (κ1) is 19.9. The Kier molecular flexibility index (Phi) is 5.40. The van der Waals surface area contributed by atoms with Crippen LogP contribution in [0, 0.1) is 25.0 Å². The first-order valence-corrected chi connectivity index (χ1v) is 9.15. The molecule has 3 rings (SSSR count). The summed E-state index contributed by atoms with van der Waals surface area (Å²) in [6.07, 6.45) is 4.41. The first-order chi connectivity index (χ1) is 13.3. The van der Waals surface area contributed by atoms with E-state index in [1.54, 1.807) is 0 Å². The van der Waals surface area contributed by atoms with E-state index in [1.165, 1.54) is 14.0 Å². The quantitative estimate of drug-likeness (QED) is 0.461. The Bertz CT molecular complexity index is 869. The molecule has 0 aromatic rings. The molecule has 146 valence electrons. The summed E-state index contributed by atoms with van der Waals surface area (Å²) < 4.78 is 9.96. The van der Waals surface area contributed by atoms with E-state index in [1.807, 2.05) is 12.2 Å². The van der Waals surface area contributed by atoms with E-state index in [0.717, 1.165) is 11.1 Å². The Morgan fingerprint density at radius 3 is 2.68 bits per heavy atom. The van der Waals surface area contributed by atoms with Crippen LogP contribution >= 0.6 is 0 Å². The van der Waals surface area contributed by atoms with Crippen LogP contribution in [0.3, 0.4) is 0 Å². The molecule has 1 N–H and O–H groups in total. The van der Waals surface area contributed by atoms with Crippen molar-refractivity contribution in [3.63, 3.8) is 0 Å². The van der Waals surface area contributed by atoms with Crippen LogP contribution in [0.2, 0.25) is 0 Å². The van der Waals surface area contributed by atoms with Gasteiger partial charge in [0.2, 0.25) is 0 Å². The number of hydrogen-bond donors (Lipinski definition) is 1. The van der Waals surface area contributed by atoms with E-state index in [2.05, 4.69) is 9.69 Å². The maximum atomic E-state index is 12.0. The number of aliphatic hydroxyl groups excluding tert-OH is 1. The molecule has 0 saturated heterocycles. The molecule has 0 aromatic carbocycles. The predicted octanol–water partition coefficient (Wildman–Crippen LogP) is 2.60. The molecule has 0 amide bonds. The highest BCUT2D eigenvalue weighted by Crippen LogP contribution is 2.50. The van der Waals surface area contributed by atoms with Crippen LogP contribution in [-0.4, -0.2) is 42.5 Å². The average Bonchev–Trinajstić information content (AvgIpc) is 2.89. The van der Waals surface area contributed by atoms with Crippen molar-refractivity contribution in [2.24, 2.45) is 11.8 Å². The van der Waals surface area contributed by atoms with Gasteiger partial charge in [0.1, 0.15) is 18.6 Å². The third-order valence-electron chi connectivity index (χ3n) is 5.77. The highest BCUT2D eigenvalue weighted by molar-refractivity contribution is 5.73. The van der Waals surface area contributed by atoms with E-state index >= 15 is 0 Å². The minimum atomic E-state index is -1.41. The average molecular weight is 382 g/mol. The Hall–Kier alpha value is -2.90. The van der Waals surface area contributed by atoms with Gasteiger partial charge in [0.15, 0.2) is 0 Å². The Labute approximate surface area is 164 Å². The van der Waals surface area contributed by atoms with Gasteiger partial charge in [0.25, 0.3) is 0 Å². The molecule has 0 aliphatic heterocycles. The first-order valence-electron chi connectivity index (χ1n) is 9.15. The standard InChI is InChI=1S/C21H22N2O5/c1-12(24)28-11-17-16-10-21(22-2,23-3)18-6-5-13(20(26)27-4)7-15(18)8-14(16)9-19(17)25/h6,8,13,15,19,25H,5,7,9-11H2,1,4H3/t13-,15-,19?/m0/s1. The Morgan fingerprint density at radius 1 is 1.36 bits per heavy atom. The summed E-state index contributed by atoms with van der Waals surface area (Å²) in [5.41, 5.74) is 1.46. The van der Waals surface area contributed by atoms with Crippen molar-refractivity contribution < 1.29 is 24.2 Å². The van der Waals surface area contributed by atoms with E-state index < -0.39 is 17.7 Å². The molecule has 7 heteroatoms. The fourth-order valence-electron chi connectivity index (χ4n) is 4.37. The third-order valence-corrected chi connectivity index (χ3v) is 5.77. The Morgan fingerprint density at radius 2 is 2.07 bits per heavy atom. The number of rotatable bonds is 3. The summed E-state index contributed by atoms with van der Waals surface area (Å²) in [7, 11) is 1.35. The summed E-state index contributed by atoms with van der Waals surface area (Å²) in [5.74, 6) is -1.31. The summed E-state index contributed by atoms with van der Waals surface area (Å²) in [5, 5.41) is 10.5. The van der Waals surface area contributed by atoms with Gasteiger partial charge in [-0.2, -0.15) is 0 Å². The molecule has 0 saturated carbocycles. The molecule has 1 unspecified atom stereocenters. The third kappa shape index (κ3) is 3.34. The molecule has 0 radical (unpaired) electrons. The number of hydrogen-bond acceptors (Lipinski definition) is 5. The smallest absolute Gasteiger partial charge is 0.469 e. The highest BCUT2D eigenvalue weighted by atomic mass is 16.5. The number of fused-ring (bicyclic) bond motifs is 2. The molecule has 0 spiro atoms. The van der Waals surface area contributed by atoms with Crippen molar-refractivity contribution in [2.45, 2.75) is 44.4 Å². The summed E-state index contributed by atoms with van der Waals surface area (Å²) >= 11 is 0. The van der Waals surface area contributed by atoms with Crippen LogP contribution in [-0.2, 0) is 19.1 Å². The number of esters is 2. The molecule has 0 bridgehead atoms. The van der Waals surface area contributed by atoms with Crippen molar-refractivity contribution in [1.29, 1.82) is 0 Å². The van der Waals surface area contributed by atoms with E-state index in [9.17, 15) is 14.7 Å². The largest absolute Gasteiger partial charge is 0.510 e. The van der Waals surface area contributed by atoms with Gasteiger partial charge in [-0.1, -0.05) is 12.2 Å². The summed E-state index contributed by atoms with van der Waals surface area (Å²) in [4.78, 5) is 30.6.